The lowest BCUT2D eigenvalue weighted by Crippen LogP contribution is -2.39. The van der Waals surface area contributed by atoms with Gasteiger partial charge in [-0.15, -0.1) is 10.2 Å². The van der Waals surface area contributed by atoms with Gasteiger partial charge in [0.25, 0.3) is 0 Å². The van der Waals surface area contributed by atoms with Crippen molar-refractivity contribution in [3.05, 3.63) is 11.6 Å². The molecule has 2 atom stereocenters. The monoisotopic (exact) mass is 321 g/mol. The fraction of sp³-hybridized carbons (Fsp3) is 0.812. The maximum atomic E-state index is 12.0. The van der Waals surface area contributed by atoms with Gasteiger partial charge in [0.15, 0.2) is 5.82 Å². The predicted octanol–water partition coefficient (Wildman–Crippen LogP) is 1.35. The Morgan fingerprint density at radius 1 is 1.17 bits per heavy atom. The largest absolute Gasteiger partial charge is 0.393 e. The molecule has 1 aromatic rings. The Morgan fingerprint density at radius 2 is 2.09 bits per heavy atom. The third kappa shape index (κ3) is 4.43. The van der Waals surface area contributed by atoms with E-state index in [0.717, 1.165) is 56.7 Å². The minimum Gasteiger partial charge on any atom is -0.393 e. The number of nitrogens with one attached hydrogen (secondary N) is 2. The van der Waals surface area contributed by atoms with Gasteiger partial charge in [0, 0.05) is 19.5 Å². The molecule has 1 saturated carbocycles. The molecule has 2 heterocycles. The molecule has 2 aliphatic rings. The van der Waals surface area contributed by atoms with Crippen LogP contribution in [-0.4, -0.2) is 38.6 Å². The Morgan fingerprint density at radius 3 is 2.96 bits per heavy atom. The van der Waals surface area contributed by atoms with Crippen LogP contribution in [0.2, 0.25) is 0 Å². The summed E-state index contributed by atoms with van der Waals surface area (Å²) in [4.78, 5) is 12.0. The molecular weight excluding hydrogens is 294 g/mol. The Kier molecular flexibility index (Phi) is 5.48. The van der Waals surface area contributed by atoms with Crippen molar-refractivity contribution in [3.63, 3.8) is 0 Å². The molecule has 128 valence electrons. The number of fused-ring (bicyclic) bond motifs is 1. The fourth-order valence-electron chi connectivity index (χ4n) is 3.58. The molecule has 23 heavy (non-hydrogen) atoms. The first-order chi connectivity index (χ1) is 11.2. The van der Waals surface area contributed by atoms with Gasteiger partial charge in [-0.25, -0.2) is 4.79 Å². The number of aliphatic hydroxyl groups excluding tert-OH is 1. The average molecular weight is 321 g/mol. The van der Waals surface area contributed by atoms with Gasteiger partial charge < -0.3 is 20.3 Å². The number of aliphatic hydroxyl groups is 1. The van der Waals surface area contributed by atoms with E-state index in [4.69, 9.17) is 0 Å². The third-order valence-corrected chi connectivity index (χ3v) is 4.90. The van der Waals surface area contributed by atoms with Crippen molar-refractivity contribution in [2.24, 2.45) is 5.92 Å². The number of hydrogen-bond donors (Lipinski definition) is 3. The molecule has 7 heteroatoms. The molecule has 3 N–H and O–H groups in total. The predicted molar refractivity (Wildman–Crippen MR) is 85.8 cm³/mol. The highest BCUT2D eigenvalue weighted by Gasteiger charge is 2.20. The number of amides is 2. The second kappa shape index (κ2) is 7.77. The number of hydrogen-bond acceptors (Lipinski definition) is 4. The van der Waals surface area contributed by atoms with Crippen molar-refractivity contribution in [3.8, 4) is 0 Å². The summed E-state index contributed by atoms with van der Waals surface area (Å²) in [6, 6.07) is -0.170. The number of urea groups is 1. The summed E-state index contributed by atoms with van der Waals surface area (Å²) in [5.74, 6) is 2.26. The Bertz CT molecular complexity index is 531. The van der Waals surface area contributed by atoms with E-state index in [-0.39, 0.29) is 12.1 Å². The lowest BCUT2D eigenvalue weighted by Gasteiger charge is -2.25. The van der Waals surface area contributed by atoms with E-state index in [0.29, 0.717) is 19.0 Å². The Balaban J connectivity index is 1.43. The van der Waals surface area contributed by atoms with E-state index in [1.807, 2.05) is 0 Å². The van der Waals surface area contributed by atoms with E-state index in [2.05, 4.69) is 25.4 Å². The quantitative estimate of drug-likeness (QED) is 0.780. The van der Waals surface area contributed by atoms with Crippen molar-refractivity contribution < 1.29 is 9.90 Å². The molecule has 1 fully saturated rings. The molecule has 1 aromatic heterocycles. The topological polar surface area (TPSA) is 92.1 Å². The number of carbonyl (C=O) groups excluding carboxylic acids is 1. The summed E-state index contributed by atoms with van der Waals surface area (Å²) >= 11 is 0. The summed E-state index contributed by atoms with van der Waals surface area (Å²) in [6.45, 7) is 1.98. The highest BCUT2D eigenvalue weighted by Crippen LogP contribution is 2.23. The average Bonchev–Trinajstić information content (AvgIpc) is 2.77. The van der Waals surface area contributed by atoms with Crippen LogP contribution in [0, 0.1) is 5.92 Å². The van der Waals surface area contributed by atoms with Crippen LogP contribution in [0.25, 0.3) is 0 Å². The van der Waals surface area contributed by atoms with Crippen molar-refractivity contribution in [2.45, 2.75) is 70.6 Å². The number of rotatable bonds is 4. The lowest BCUT2D eigenvalue weighted by molar-refractivity contribution is 0.101. The highest BCUT2D eigenvalue weighted by atomic mass is 16.3. The minimum absolute atomic E-state index is 0.170. The van der Waals surface area contributed by atoms with Gasteiger partial charge in [-0.05, 0) is 38.0 Å². The smallest absolute Gasteiger partial charge is 0.315 e. The van der Waals surface area contributed by atoms with Crippen LogP contribution < -0.4 is 10.6 Å². The van der Waals surface area contributed by atoms with E-state index in [1.165, 1.54) is 12.8 Å². The highest BCUT2D eigenvalue weighted by molar-refractivity contribution is 5.73. The zero-order valence-electron chi connectivity index (χ0n) is 13.6. The van der Waals surface area contributed by atoms with Crippen LogP contribution in [-0.2, 0) is 19.5 Å². The molecule has 2 amide bonds. The summed E-state index contributed by atoms with van der Waals surface area (Å²) in [5.41, 5.74) is 0. The maximum Gasteiger partial charge on any atom is 0.315 e. The standard InChI is InChI=1S/C16H27N5O2/c22-13-6-4-5-12(9-13)10-17-16(23)18-11-15-20-19-14-7-2-1-3-8-21(14)15/h12-13,22H,1-11H2,(H2,17,18,23). The SMILES string of the molecule is O=C(NCc1nnc2n1CCCCC2)NCC1CCCC(O)C1. The molecule has 7 nitrogen and oxygen atoms in total. The van der Waals surface area contributed by atoms with Crippen LogP contribution in [0.4, 0.5) is 4.79 Å². The van der Waals surface area contributed by atoms with Crippen molar-refractivity contribution in [2.75, 3.05) is 6.54 Å². The van der Waals surface area contributed by atoms with E-state index >= 15 is 0 Å². The maximum absolute atomic E-state index is 12.0. The second-order valence-electron chi connectivity index (χ2n) is 6.74. The van der Waals surface area contributed by atoms with Gasteiger partial charge in [0.1, 0.15) is 5.82 Å². The van der Waals surface area contributed by atoms with Crippen LogP contribution in [0.5, 0.6) is 0 Å². The molecule has 0 spiro atoms. The molecule has 0 bridgehead atoms. The van der Waals surface area contributed by atoms with Crippen molar-refractivity contribution in [1.29, 1.82) is 0 Å². The molecular formula is C16H27N5O2. The molecule has 2 unspecified atom stereocenters. The number of aryl methyl sites for hydroxylation is 1. The normalized spacial score (nSPS) is 24.6. The first kappa shape index (κ1) is 16.2. The van der Waals surface area contributed by atoms with Crippen molar-refractivity contribution >= 4 is 6.03 Å². The van der Waals surface area contributed by atoms with Crippen LogP contribution in [0.1, 0.15) is 56.6 Å². The van der Waals surface area contributed by atoms with E-state index in [9.17, 15) is 9.90 Å². The zero-order chi connectivity index (χ0) is 16.1. The Labute approximate surface area is 136 Å². The van der Waals surface area contributed by atoms with E-state index in [1.54, 1.807) is 0 Å². The first-order valence-corrected chi connectivity index (χ1v) is 8.83. The van der Waals surface area contributed by atoms with Gasteiger partial charge in [0.2, 0.25) is 0 Å². The third-order valence-electron chi connectivity index (χ3n) is 4.90. The van der Waals surface area contributed by atoms with E-state index < -0.39 is 0 Å². The second-order valence-corrected chi connectivity index (χ2v) is 6.74. The summed E-state index contributed by atoms with van der Waals surface area (Å²) in [6.07, 6.45) is 8.11. The summed E-state index contributed by atoms with van der Waals surface area (Å²) < 4.78 is 2.14. The number of carbonyl (C=O) groups is 1. The molecule has 0 radical (unpaired) electrons. The fourth-order valence-corrected chi connectivity index (χ4v) is 3.58. The number of nitrogens with zero attached hydrogens (tertiary/aromatic N) is 3. The molecule has 1 aliphatic heterocycles. The molecule has 0 saturated heterocycles. The lowest BCUT2D eigenvalue weighted by atomic mass is 9.87. The first-order valence-electron chi connectivity index (χ1n) is 8.83. The molecule has 3 rings (SSSR count). The summed E-state index contributed by atoms with van der Waals surface area (Å²) in [7, 11) is 0. The van der Waals surface area contributed by atoms with Gasteiger partial charge in [-0.2, -0.15) is 0 Å². The van der Waals surface area contributed by atoms with Crippen LogP contribution in [0.15, 0.2) is 0 Å². The zero-order valence-corrected chi connectivity index (χ0v) is 13.6. The van der Waals surface area contributed by atoms with Crippen LogP contribution >= 0.6 is 0 Å². The van der Waals surface area contributed by atoms with Crippen molar-refractivity contribution in [1.82, 2.24) is 25.4 Å². The van der Waals surface area contributed by atoms with Gasteiger partial charge in [0.05, 0.1) is 12.6 Å². The molecule has 1 aliphatic carbocycles. The van der Waals surface area contributed by atoms with Gasteiger partial charge in [-0.3, -0.25) is 0 Å². The van der Waals surface area contributed by atoms with Crippen LogP contribution in [0.3, 0.4) is 0 Å². The number of aromatic nitrogens is 3. The molecule has 0 aromatic carbocycles. The summed E-state index contributed by atoms with van der Waals surface area (Å²) in [5, 5.41) is 23.9. The minimum atomic E-state index is -0.204. The van der Waals surface area contributed by atoms with Gasteiger partial charge in [-0.1, -0.05) is 12.8 Å². The Hall–Kier alpha value is -1.63. The van der Waals surface area contributed by atoms with Gasteiger partial charge >= 0.3 is 6.03 Å².